The average Bonchev–Trinajstić information content (AvgIpc) is 3.45. The van der Waals surface area contributed by atoms with E-state index < -0.39 is 6.10 Å². The first-order chi connectivity index (χ1) is 17.4. The molecule has 4 aliphatic rings. The third-order valence-corrected chi connectivity index (χ3v) is 9.39. The van der Waals surface area contributed by atoms with E-state index in [1.54, 1.807) is 0 Å². The van der Waals surface area contributed by atoms with Crippen molar-refractivity contribution in [1.29, 1.82) is 0 Å². The predicted molar refractivity (Wildman–Crippen MR) is 139 cm³/mol. The summed E-state index contributed by atoms with van der Waals surface area (Å²) >= 11 is 0. The molecule has 8 nitrogen and oxygen atoms in total. The third-order valence-electron chi connectivity index (χ3n) is 9.39. The summed E-state index contributed by atoms with van der Waals surface area (Å²) in [5, 5.41) is 15.9. The molecule has 1 aromatic heterocycles. The maximum Gasteiger partial charge on any atom is 0.229 e. The monoisotopic (exact) mass is 494 g/mol. The van der Waals surface area contributed by atoms with E-state index in [-0.39, 0.29) is 22.8 Å². The predicted octanol–water partition coefficient (Wildman–Crippen LogP) is 2.96. The summed E-state index contributed by atoms with van der Waals surface area (Å²) in [6.45, 7) is 10.5. The van der Waals surface area contributed by atoms with Gasteiger partial charge in [0, 0.05) is 62.6 Å². The van der Waals surface area contributed by atoms with Crippen LogP contribution in [-0.2, 0) is 14.3 Å². The number of piperazine rings is 1. The number of hydrogen-bond donors (Lipinski definition) is 2. The first-order valence-corrected chi connectivity index (χ1v) is 13.5. The van der Waals surface area contributed by atoms with Crippen LogP contribution in [-0.4, -0.2) is 85.1 Å². The SMILES string of the molecule is CC[C@@]1(N2CCN(c3cc4cc(NC(=O)C5CC56CCOCC6)ncc4cc3C)CC2)COC[C@@H]1O. The van der Waals surface area contributed by atoms with Gasteiger partial charge in [-0.05, 0) is 67.2 Å². The number of rotatable bonds is 5. The van der Waals surface area contributed by atoms with Crippen LogP contribution in [0.4, 0.5) is 11.5 Å². The number of ether oxygens (including phenoxy) is 2. The molecule has 0 radical (unpaired) electrons. The highest BCUT2D eigenvalue weighted by Crippen LogP contribution is 2.59. The second-order valence-electron chi connectivity index (χ2n) is 11.2. The summed E-state index contributed by atoms with van der Waals surface area (Å²) in [5.74, 6) is 0.801. The summed E-state index contributed by atoms with van der Waals surface area (Å²) in [7, 11) is 0. The van der Waals surface area contributed by atoms with Crippen molar-refractivity contribution in [2.75, 3.05) is 62.8 Å². The second kappa shape index (κ2) is 9.24. The summed E-state index contributed by atoms with van der Waals surface area (Å²) in [5.41, 5.74) is 2.35. The Bertz CT molecular complexity index is 1140. The van der Waals surface area contributed by atoms with Crippen molar-refractivity contribution in [3.63, 3.8) is 0 Å². The average molecular weight is 495 g/mol. The molecule has 3 aliphatic heterocycles. The third kappa shape index (κ3) is 4.08. The van der Waals surface area contributed by atoms with Crippen LogP contribution >= 0.6 is 0 Å². The lowest BCUT2D eigenvalue weighted by atomic mass is 9.89. The van der Waals surface area contributed by atoms with Crippen LogP contribution in [0.1, 0.15) is 38.2 Å². The lowest BCUT2D eigenvalue weighted by Gasteiger charge is -2.47. The van der Waals surface area contributed by atoms with Crippen LogP contribution in [0, 0.1) is 18.3 Å². The first-order valence-electron chi connectivity index (χ1n) is 13.5. The lowest BCUT2D eigenvalue weighted by Crippen LogP contribution is -2.62. The number of nitrogens with one attached hydrogen (secondary N) is 1. The molecule has 1 aromatic carbocycles. The topological polar surface area (TPSA) is 87.2 Å². The number of hydrogen-bond acceptors (Lipinski definition) is 7. The molecular weight excluding hydrogens is 456 g/mol. The minimum Gasteiger partial charge on any atom is -0.389 e. The highest BCUT2D eigenvalue weighted by atomic mass is 16.5. The number of nitrogens with zero attached hydrogens (tertiary/aromatic N) is 3. The smallest absolute Gasteiger partial charge is 0.229 e. The number of amides is 1. The summed E-state index contributed by atoms with van der Waals surface area (Å²) in [6.07, 6.45) is 5.27. The highest BCUT2D eigenvalue weighted by Gasteiger charge is 2.58. The molecule has 1 saturated carbocycles. The fourth-order valence-electron chi connectivity index (χ4n) is 6.82. The van der Waals surface area contributed by atoms with Gasteiger partial charge in [-0.15, -0.1) is 0 Å². The highest BCUT2D eigenvalue weighted by molar-refractivity contribution is 5.97. The molecule has 2 N–H and O–H groups in total. The zero-order valence-electron chi connectivity index (χ0n) is 21.5. The molecule has 3 atom stereocenters. The van der Waals surface area contributed by atoms with Crippen molar-refractivity contribution < 1.29 is 19.4 Å². The summed E-state index contributed by atoms with van der Waals surface area (Å²) in [4.78, 5) is 22.3. The van der Waals surface area contributed by atoms with E-state index in [4.69, 9.17) is 9.47 Å². The molecule has 1 amide bonds. The summed E-state index contributed by atoms with van der Waals surface area (Å²) < 4.78 is 11.1. The molecule has 4 fully saturated rings. The van der Waals surface area contributed by atoms with Crippen molar-refractivity contribution in [2.24, 2.45) is 11.3 Å². The largest absolute Gasteiger partial charge is 0.389 e. The van der Waals surface area contributed by atoms with Crippen LogP contribution in [0.5, 0.6) is 0 Å². The normalized spacial score (nSPS) is 30.1. The van der Waals surface area contributed by atoms with Crippen LogP contribution < -0.4 is 10.2 Å². The number of fused-ring (bicyclic) bond motifs is 1. The van der Waals surface area contributed by atoms with E-state index in [1.807, 2.05) is 12.3 Å². The Morgan fingerprint density at radius 1 is 1.14 bits per heavy atom. The number of carbonyl (C=O) groups excluding carboxylic acids is 1. The van der Waals surface area contributed by atoms with Gasteiger partial charge in [0.2, 0.25) is 5.91 Å². The van der Waals surface area contributed by atoms with Crippen molar-refractivity contribution in [1.82, 2.24) is 9.88 Å². The Kier molecular flexibility index (Phi) is 6.19. The Labute approximate surface area is 212 Å². The van der Waals surface area contributed by atoms with Crippen molar-refractivity contribution in [2.45, 2.75) is 51.2 Å². The number of aromatic nitrogens is 1. The molecule has 0 bridgehead atoms. The Hall–Kier alpha value is -2.26. The van der Waals surface area contributed by atoms with Gasteiger partial charge in [0.05, 0.1) is 24.9 Å². The molecule has 6 rings (SSSR count). The Morgan fingerprint density at radius 3 is 2.61 bits per heavy atom. The van der Waals surface area contributed by atoms with Gasteiger partial charge in [0.15, 0.2) is 0 Å². The number of aliphatic hydroxyl groups is 1. The van der Waals surface area contributed by atoms with E-state index in [1.165, 1.54) is 11.3 Å². The fraction of sp³-hybridized carbons (Fsp3) is 0.643. The van der Waals surface area contributed by atoms with Crippen LogP contribution in [0.3, 0.4) is 0 Å². The zero-order valence-corrected chi connectivity index (χ0v) is 21.5. The molecule has 1 aliphatic carbocycles. The molecule has 1 spiro atoms. The van der Waals surface area contributed by atoms with E-state index >= 15 is 0 Å². The molecule has 194 valence electrons. The fourth-order valence-corrected chi connectivity index (χ4v) is 6.82. The second-order valence-corrected chi connectivity index (χ2v) is 11.2. The van der Waals surface area contributed by atoms with E-state index in [0.717, 1.165) is 75.8 Å². The van der Waals surface area contributed by atoms with Crippen LogP contribution in [0.15, 0.2) is 24.4 Å². The van der Waals surface area contributed by atoms with Gasteiger partial charge < -0.3 is 24.8 Å². The van der Waals surface area contributed by atoms with Gasteiger partial charge in [0.1, 0.15) is 5.82 Å². The Balaban J connectivity index is 1.16. The number of aliphatic hydroxyl groups excluding tert-OH is 1. The minimum absolute atomic E-state index is 0.0824. The van der Waals surface area contributed by atoms with Crippen LogP contribution in [0.2, 0.25) is 0 Å². The van der Waals surface area contributed by atoms with Gasteiger partial charge in [-0.3, -0.25) is 9.69 Å². The molecule has 8 heteroatoms. The minimum atomic E-state index is -0.422. The zero-order chi connectivity index (χ0) is 24.9. The van der Waals surface area contributed by atoms with E-state index in [9.17, 15) is 9.90 Å². The molecule has 36 heavy (non-hydrogen) atoms. The van der Waals surface area contributed by atoms with Crippen molar-refractivity contribution >= 4 is 28.2 Å². The number of aryl methyl sites for hydroxylation is 1. The molecule has 1 unspecified atom stereocenters. The Morgan fingerprint density at radius 2 is 1.92 bits per heavy atom. The molecule has 3 saturated heterocycles. The van der Waals surface area contributed by atoms with E-state index in [0.29, 0.717) is 19.0 Å². The van der Waals surface area contributed by atoms with Gasteiger partial charge >= 0.3 is 0 Å². The maximum absolute atomic E-state index is 12.9. The number of carbonyl (C=O) groups is 1. The number of benzene rings is 1. The van der Waals surface area contributed by atoms with Crippen LogP contribution in [0.25, 0.3) is 10.8 Å². The molecule has 4 heterocycles. The van der Waals surface area contributed by atoms with Crippen molar-refractivity contribution in [3.05, 3.63) is 30.0 Å². The molecule has 2 aromatic rings. The number of anilines is 2. The summed E-state index contributed by atoms with van der Waals surface area (Å²) in [6, 6.07) is 6.43. The van der Waals surface area contributed by atoms with Crippen molar-refractivity contribution in [3.8, 4) is 0 Å². The van der Waals surface area contributed by atoms with Gasteiger partial charge in [-0.1, -0.05) is 6.92 Å². The first kappa shape index (κ1) is 24.1. The van der Waals surface area contributed by atoms with Gasteiger partial charge in [-0.2, -0.15) is 0 Å². The standard InChI is InChI=1S/C28H38N4O4/c1-3-28(18-36-17-24(28)33)32-8-6-31(7-9-32)23-13-20-14-25(29-16-21(20)12-19(23)2)30-26(34)22-15-27(22)4-10-35-11-5-27/h12-14,16,22,24,33H,3-11,15,17-18H2,1-2H3,(H,29,30,34)/t22?,24-,28+/m0/s1. The maximum atomic E-state index is 12.9. The van der Waals surface area contributed by atoms with Gasteiger partial charge in [0.25, 0.3) is 0 Å². The molecular formula is C28H38N4O4. The quantitative estimate of drug-likeness (QED) is 0.661. The van der Waals surface area contributed by atoms with E-state index in [2.05, 4.69) is 46.1 Å². The number of pyridine rings is 1. The lowest BCUT2D eigenvalue weighted by molar-refractivity contribution is -0.118. The van der Waals surface area contributed by atoms with Gasteiger partial charge in [-0.25, -0.2) is 4.98 Å².